The lowest BCUT2D eigenvalue weighted by atomic mass is 10.1. The summed E-state index contributed by atoms with van der Waals surface area (Å²) in [5.41, 5.74) is 1.71. The fourth-order valence-corrected chi connectivity index (χ4v) is 3.94. The fraction of sp³-hybridized carbons (Fsp3) is 0.269. The summed E-state index contributed by atoms with van der Waals surface area (Å²) in [4.78, 5) is 51.8. The Hall–Kier alpha value is -4.47. The molecule has 2 heterocycles. The Bertz CT molecular complexity index is 1270. The number of carbonyl (C=O) groups is 4. The molecule has 10 heteroatoms. The van der Waals surface area contributed by atoms with Gasteiger partial charge in [0.15, 0.2) is 5.82 Å². The lowest BCUT2D eigenvalue weighted by Gasteiger charge is -2.17. The third kappa shape index (κ3) is 5.12. The molecule has 1 unspecified atom stereocenters. The Morgan fingerprint density at radius 2 is 1.61 bits per heavy atom. The molecule has 1 aliphatic rings. The van der Waals surface area contributed by atoms with Crippen LogP contribution in [0.1, 0.15) is 41.0 Å². The number of esters is 2. The second-order valence-corrected chi connectivity index (χ2v) is 8.04. The van der Waals surface area contributed by atoms with Crippen LogP contribution in [0, 0.1) is 5.92 Å². The zero-order valence-corrected chi connectivity index (χ0v) is 20.0. The van der Waals surface area contributed by atoms with E-state index in [2.05, 4.69) is 10.4 Å². The lowest BCUT2D eigenvalue weighted by molar-refractivity contribution is -0.122. The van der Waals surface area contributed by atoms with Crippen molar-refractivity contribution >= 4 is 35.3 Å². The van der Waals surface area contributed by atoms with Crippen LogP contribution in [-0.2, 0) is 19.1 Å². The molecule has 1 atom stereocenters. The predicted octanol–water partition coefficient (Wildman–Crippen LogP) is 3.22. The van der Waals surface area contributed by atoms with Gasteiger partial charge in [-0.2, -0.15) is 5.10 Å². The molecule has 1 saturated heterocycles. The third-order valence-corrected chi connectivity index (χ3v) is 5.69. The molecule has 4 rings (SSSR count). The second kappa shape index (κ2) is 10.9. The van der Waals surface area contributed by atoms with Gasteiger partial charge in [0.05, 0.1) is 36.6 Å². The Labute approximate surface area is 207 Å². The molecule has 1 N–H and O–H groups in total. The van der Waals surface area contributed by atoms with Crippen LogP contribution in [0.25, 0.3) is 5.69 Å². The normalized spacial score (nSPS) is 15.0. The van der Waals surface area contributed by atoms with Crippen LogP contribution in [-0.4, -0.2) is 53.3 Å². The summed E-state index contributed by atoms with van der Waals surface area (Å²) in [6.07, 6.45) is 1.34. The Morgan fingerprint density at radius 1 is 0.944 bits per heavy atom. The maximum atomic E-state index is 13.2. The highest BCUT2D eigenvalue weighted by Gasteiger charge is 2.36. The number of nitrogens with zero attached hydrogens (tertiary/aromatic N) is 3. The van der Waals surface area contributed by atoms with Gasteiger partial charge in [0.25, 0.3) is 0 Å². The standard InChI is InChI=1S/C26H26N4O6/c1-3-35-25(33)17-10-12-19(13-11-17)29-16-18(14-22(29)31)24(32)28-23-21(26(34)36-4-2)15-27-30(23)20-8-6-5-7-9-20/h5-13,15,18H,3-4,14,16H2,1-2H3,(H,28,32). The number of amides is 2. The first kappa shape index (κ1) is 24.6. The van der Waals surface area contributed by atoms with Crippen LogP contribution >= 0.6 is 0 Å². The fourth-order valence-electron chi connectivity index (χ4n) is 3.94. The molecule has 36 heavy (non-hydrogen) atoms. The van der Waals surface area contributed by atoms with Crippen molar-refractivity contribution < 1.29 is 28.7 Å². The van der Waals surface area contributed by atoms with E-state index in [1.165, 1.54) is 15.8 Å². The molecule has 1 fully saturated rings. The predicted molar refractivity (Wildman–Crippen MR) is 131 cm³/mol. The molecule has 1 aromatic heterocycles. The molecular weight excluding hydrogens is 464 g/mol. The number of benzene rings is 2. The van der Waals surface area contributed by atoms with E-state index in [-0.39, 0.29) is 43.5 Å². The molecule has 0 bridgehead atoms. The van der Waals surface area contributed by atoms with Crippen LogP contribution < -0.4 is 10.2 Å². The summed E-state index contributed by atoms with van der Waals surface area (Å²) in [7, 11) is 0. The number of hydrogen-bond donors (Lipinski definition) is 1. The van der Waals surface area contributed by atoms with Gasteiger partial charge >= 0.3 is 11.9 Å². The van der Waals surface area contributed by atoms with Crippen molar-refractivity contribution in [3.8, 4) is 5.69 Å². The summed E-state index contributed by atoms with van der Waals surface area (Å²) in [6, 6.07) is 15.5. The number of aromatic nitrogens is 2. The van der Waals surface area contributed by atoms with Gasteiger partial charge in [-0.3, -0.25) is 9.59 Å². The number of ether oxygens (including phenoxy) is 2. The van der Waals surface area contributed by atoms with Gasteiger partial charge in [0, 0.05) is 18.7 Å². The minimum absolute atomic E-state index is 0.000322. The first-order valence-corrected chi connectivity index (χ1v) is 11.6. The molecule has 10 nitrogen and oxygen atoms in total. The van der Waals surface area contributed by atoms with E-state index in [9.17, 15) is 19.2 Å². The van der Waals surface area contributed by atoms with Crippen molar-refractivity contribution in [2.45, 2.75) is 20.3 Å². The van der Waals surface area contributed by atoms with Crippen molar-refractivity contribution in [3.63, 3.8) is 0 Å². The van der Waals surface area contributed by atoms with Gasteiger partial charge in [0.1, 0.15) is 5.56 Å². The van der Waals surface area contributed by atoms with Gasteiger partial charge in [-0.25, -0.2) is 14.3 Å². The minimum atomic E-state index is -0.656. The molecule has 186 valence electrons. The largest absolute Gasteiger partial charge is 0.462 e. The first-order valence-electron chi connectivity index (χ1n) is 11.6. The smallest absolute Gasteiger partial charge is 0.343 e. The summed E-state index contributed by atoms with van der Waals surface area (Å²) < 4.78 is 11.6. The maximum absolute atomic E-state index is 13.2. The van der Waals surface area contributed by atoms with E-state index in [1.807, 2.05) is 18.2 Å². The molecule has 3 aromatic rings. The monoisotopic (exact) mass is 490 g/mol. The van der Waals surface area contributed by atoms with Crippen molar-refractivity contribution in [2.75, 3.05) is 30.0 Å². The van der Waals surface area contributed by atoms with E-state index in [4.69, 9.17) is 9.47 Å². The summed E-state index contributed by atoms with van der Waals surface area (Å²) in [5, 5.41) is 7.06. The number of nitrogens with one attached hydrogen (secondary N) is 1. The Balaban J connectivity index is 1.53. The van der Waals surface area contributed by atoms with Crippen LogP contribution in [0.3, 0.4) is 0 Å². The number of rotatable bonds is 8. The van der Waals surface area contributed by atoms with Crippen LogP contribution in [0.4, 0.5) is 11.5 Å². The third-order valence-electron chi connectivity index (χ3n) is 5.69. The highest BCUT2D eigenvalue weighted by molar-refractivity contribution is 6.06. The number of carbonyl (C=O) groups excluding carboxylic acids is 4. The van der Waals surface area contributed by atoms with E-state index < -0.39 is 23.8 Å². The zero-order valence-electron chi connectivity index (χ0n) is 20.0. The quantitative estimate of drug-likeness (QED) is 0.482. The lowest BCUT2D eigenvalue weighted by Crippen LogP contribution is -2.29. The van der Waals surface area contributed by atoms with Crippen LogP contribution in [0.15, 0.2) is 60.8 Å². The van der Waals surface area contributed by atoms with Gasteiger partial charge in [-0.05, 0) is 50.2 Å². The highest BCUT2D eigenvalue weighted by atomic mass is 16.5. The number of hydrogen-bond acceptors (Lipinski definition) is 7. The van der Waals surface area contributed by atoms with Crippen LogP contribution in [0.2, 0.25) is 0 Å². The highest BCUT2D eigenvalue weighted by Crippen LogP contribution is 2.28. The SMILES string of the molecule is CCOC(=O)c1ccc(N2CC(C(=O)Nc3c(C(=O)OCC)cnn3-c3ccccc3)CC2=O)cc1. The van der Waals surface area contributed by atoms with Gasteiger partial charge in [0.2, 0.25) is 11.8 Å². The number of para-hydroxylation sites is 1. The summed E-state index contributed by atoms with van der Waals surface area (Å²) >= 11 is 0. The Morgan fingerprint density at radius 3 is 2.28 bits per heavy atom. The summed E-state index contributed by atoms with van der Waals surface area (Å²) in [6.45, 7) is 4.00. The van der Waals surface area contributed by atoms with Crippen molar-refractivity contribution in [1.82, 2.24) is 9.78 Å². The molecule has 0 aliphatic carbocycles. The zero-order chi connectivity index (χ0) is 25.7. The van der Waals surface area contributed by atoms with E-state index in [0.29, 0.717) is 16.9 Å². The van der Waals surface area contributed by atoms with Gasteiger partial charge in [-0.15, -0.1) is 0 Å². The molecule has 0 saturated carbocycles. The second-order valence-electron chi connectivity index (χ2n) is 8.04. The van der Waals surface area contributed by atoms with Gasteiger partial charge < -0.3 is 19.7 Å². The molecular formula is C26H26N4O6. The Kier molecular flexibility index (Phi) is 7.43. The van der Waals surface area contributed by atoms with Crippen molar-refractivity contribution in [3.05, 3.63) is 71.9 Å². The minimum Gasteiger partial charge on any atom is -0.462 e. The topological polar surface area (TPSA) is 120 Å². The number of anilines is 2. The van der Waals surface area contributed by atoms with E-state index in [1.54, 1.807) is 50.2 Å². The average Bonchev–Trinajstić information content (AvgIpc) is 3.48. The van der Waals surface area contributed by atoms with Crippen LogP contribution in [0.5, 0.6) is 0 Å². The molecule has 0 radical (unpaired) electrons. The van der Waals surface area contributed by atoms with E-state index >= 15 is 0 Å². The first-order chi connectivity index (χ1) is 17.4. The maximum Gasteiger partial charge on any atom is 0.343 e. The van der Waals surface area contributed by atoms with Gasteiger partial charge in [-0.1, -0.05) is 18.2 Å². The molecule has 2 aromatic carbocycles. The molecule has 2 amide bonds. The van der Waals surface area contributed by atoms with E-state index in [0.717, 1.165) is 0 Å². The molecule has 0 spiro atoms. The van der Waals surface area contributed by atoms with Crippen molar-refractivity contribution in [2.24, 2.45) is 5.92 Å². The van der Waals surface area contributed by atoms with Crippen molar-refractivity contribution in [1.29, 1.82) is 0 Å². The summed E-state index contributed by atoms with van der Waals surface area (Å²) in [5.74, 6) is -2.17. The molecule has 1 aliphatic heterocycles. The average molecular weight is 491 g/mol.